The molecule has 1 aliphatic heterocycles. The van der Waals surface area contributed by atoms with Crippen LogP contribution in [0, 0.1) is 0 Å². The maximum atomic E-state index is 9.04. The van der Waals surface area contributed by atoms with Crippen molar-refractivity contribution in [2.24, 2.45) is 0 Å². The van der Waals surface area contributed by atoms with E-state index in [9.17, 15) is 0 Å². The van der Waals surface area contributed by atoms with Gasteiger partial charge < -0.3 is 19.6 Å². The molecular weight excluding hydrogens is 324 g/mol. The number of hydrogen-bond donors (Lipinski definition) is 1. The molecule has 2 aromatic heterocycles. The lowest BCUT2D eigenvalue weighted by atomic mass is 10.3. The van der Waals surface area contributed by atoms with Crippen LogP contribution in [0.4, 0.5) is 11.8 Å². The van der Waals surface area contributed by atoms with E-state index in [0.717, 1.165) is 80.6 Å². The zero-order valence-electron chi connectivity index (χ0n) is 14.3. The van der Waals surface area contributed by atoms with Gasteiger partial charge in [-0.3, -0.25) is 0 Å². The van der Waals surface area contributed by atoms with Gasteiger partial charge in [0.1, 0.15) is 0 Å². The SMILES string of the molecule is CCCN(CCCCO)c1nc(N2CCOCC2)c2sccc2n1. The number of aromatic nitrogens is 2. The van der Waals surface area contributed by atoms with Crippen molar-refractivity contribution in [3.63, 3.8) is 0 Å². The number of anilines is 2. The zero-order chi connectivity index (χ0) is 16.8. The fraction of sp³-hybridized carbons (Fsp3) is 0.647. The molecule has 0 amide bonds. The minimum absolute atomic E-state index is 0.239. The molecule has 1 aliphatic rings. The third kappa shape index (κ3) is 3.96. The number of fused-ring (bicyclic) bond motifs is 1. The van der Waals surface area contributed by atoms with Crippen molar-refractivity contribution in [1.82, 2.24) is 9.97 Å². The molecule has 0 radical (unpaired) electrons. The second kappa shape index (κ2) is 8.60. The lowest BCUT2D eigenvalue weighted by Crippen LogP contribution is -2.37. The first-order valence-electron chi connectivity index (χ1n) is 8.77. The summed E-state index contributed by atoms with van der Waals surface area (Å²) < 4.78 is 6.64. The largest absolute Gasteiger partial charge is 0.396 e. The van der Waals surface area contributed by atoms with E-state index in [2.05, 4.69) is 28.2 Å². The highest BCUT2D eigenvalue weighted by atomic mass is 32.1. The van der Waals surface area contributed by atoms with Gasteiger partial charge >= 0.3 is 0 Å². The topological polar surface area (TPSA) is 61.7 Å². The Morgan fingerprint density at radius 2 is 2.08 bits per heavy atom. The molecule has 0 bridgehead atoms. The van der Waals surface area contributed by atoms with Crippen LogP contribution in [0.3, 0.4) is 0 Å². The van der Waals surface area contributed by atoms with Crippen LogP contribution >= 0.6 is 11.3 Å². The molecule has 1 saturated heterocycles. The van der Waals surface area contributed by atoms with Crippen LogP contribution in [0.15, 0.2) is 11.4 Å². The van der Waals surface area contributed by atoms with Crippen LogP contribution in [0.5, 0.6) is 0 Å². The summed E-state index contributed by atoms with van der Waals surface area (Å²) >= 11 is 1.70. The summed E-state index contributed by atoms with van der Waals surface area (Å²) in [4.78, 5) is 14.3. The Balaban J connectivity index is 1.91. The minimum atomic E-state index is 0.239. The number of aliphatic hydroxyl groups excluding tert-OH is 1. The van der Waals surface area contributed by atoms with E-state index in [1.807, 2.05) is 0 Å². The van der Waals surface area contributed by atoms with Crippen molar-refractivity contribution in [3.05, 3.63) is 11.4 Å². The Kier molecular flexibility index (Phi) is 6.23. The number of morpholine rings is 1. The smallest absolute Gasteiger partial charge is 0.227 e. The molecule has 0 aliphatic carbocycles. The van der Waals surface area contributed by atoms with Gasteiger partial charge in [0.25, 0.3) is 0 Å². The fourth-order valence-electron chi connectivity index (χ4n) is 2.96. The van der Waals surface area contributed by atoms with Crippen LogP contribution in [-0.2, 0) is 4.74 Å². The number of nitrogens with zero attached hydrogens (tertiary/aromatic N) is 4. The normalized spacial score (nSPS) is 15.2. The van der Waals surface area contributed by atoms with Crippen molar-refractivity contribution in [2.45, 2.75) is 26.2 Å². The number of aliphatic hydroxyl groups is 1. The van der Waals surface area contributed by atoms with Gasteiger partial charge in [-0.05, 0) is 30.7 Å². The van der Waals surface area contributed by atoms with Crippen LogP contribution in [0.25, 0.3) is 10.2 Å². The lowest BCUT2D eigenvalue weighted by molar-refractivity contribution is 0.122. The van der Waals surface area contributed by atoms with Gasteiger partial charge in [0, 0.05) is 32.8 Å². The molecule has 132 valence electrons. The van der Waals surface area contributed by atoms with Crippen LogP contribution in [-0.4, -0.2) is 61.1 Å². The zero-order valence-corrected chi connectivity index (χ0v) is 15.1. The van der Waals surface area contributed by atoms with E-state index >= 15 is 0 Å². The van der Waals surface area contributed by atoms with Crippen LogP contribution < -0.4 is 9.80 Å². The number of ether oxygens (including phenoxy) is 1. The third-order valence-corrected chi connectivity index (χ3v) is 5.10. The van der Waals surface area contributed by atoms with Crippen molar-refractivity contribution < 1.29 is 9.84 Å². The summed E-state index contributed by atoms with van der Waals surface area (Å²) in [5.41, 5.74) is 1.02. The van der Waals surface area contributed by atoms with Gasteiger partial charge in [-0.1, -0.05) is 6.92 Å². The van der Waals surface area contributed by atoms with Crippen molar-refractivity contribution >= 4 is 33.3 Å². The fourth-order valence-corrected chi connectivity index (χ4v) is 3.81. The molecule has 6 nitrogen and oxygen atoms in total. The molecule has 0 atom stereocenters. The van der Waals surface area contributed by atoms with E-state index < -0.39 is 0 Å². The van der Waals surface area contributed by atoms with Crippen LogP contribution in [0.1, 0.15) is 26.2 Å². The molecule has 3 heterocycles. The molecule has 7 heteroatoms. The first-order valence-corrected chi connectivity index (χ1v) is 9.65. The quantitative estimate of drug-likeness (QED) is 0.738. The second-order valence-corrected chi connectivity index (χ2v) is 6.92. The molecule has 0 unspecified atom stereocenters. The Labute approximate surface area is 147 Å². The van der Waals surface area contributed by atoms with Crippen molar-refractivity contribution in [1.29, 1.82) is 0 Å². The maximum Gasteiger partial charge on any atom is 0.227 e. The van der Waals surface area contributed by atoms with E-state index in [0.29, 0.717) is 0 Å². The van der Waals surface area contributed by atoms with Gasteiger partial charge in [0.05, 0.1) is 23.4 Å². The number of hydrogen-bond acceptors (Lipinski definition) is 7. The Bertz CT molecular complexity index is 643. The summed E-state index contributed by atoms with van der Waals surface area (Å²) in [6, 6.07) is 2.08. The van der Waals surface area contributed by atoms with Gasteiger partial charge in [-0.25, -0.2) is 4.98 Å². The highest BCUT2D eigenvalue weighted by Gasteiger charge is 2.20. The summed E-state index contributed by atoms with van der Waals surface area (Å²) in [5.74, 6) is 1.85. The van der Waals surface area contributed by atoms with Gasteiger partial charge in [0.2, 0.25) is 5.95 Å². The monoisotopic (exact) mass is 350 g/mol. The summed E-state index contributed by atoms with van der Waals surface area (Å²) in [7, 11) is 0. The second-order valence-electron chi connectivity index (χ2n) is 6.00. The number of unbranched alkanes of at least 4 members (excludes halogenated alkanes) is 1. The maximum absolute atomic E-state index is 9.04. The third-order valence-electron chi connectivity index (χ3n) is 4.20. The first kappa shape index (κ1) is 17.4. The Morgan fingerprint density at radius 3 is 2.83 bits per heavy atom. The average molecular weight is 350 g/mol. The Morgan fingerprint density at radius 1 is 1.25 bits per heavy atom. The molecule has 1 fully saturated rings. The summed E-state index contributed by atoms with van der Waals surface area (Å²) in [5, 5.41) is 11.1. The summed E-state index contributed by atoms with van der Waals surface area (Å²) in [6.07, 6.45) is 2.82. The van der Waals surface area contributed by atoms with E-state index in [-0.39, 0.29) is 6.61 Å². The van der Waals surface area contributed by atoms with Crippen molar-refractivity contribution in [3.8, 4) is 0 Å². The van der Waals surface area contributed by atoms with Crippen molar-refractivity contribution in [2.75, 3.05) is 55.8 Å². The Hall–Kier alpha value is -1.44. The molecule has 3 rings (SSSR count). The number of rotatable bonds is 8. The van der Waals surface area contributed by atoms with E-state index in [4.69, 9.17) is 19.8 Å². The number of thiophene rings is 1. The molecule has 0 saturated carbocycles. The van der Waals surface area contributed by atoms with Gasteiger partial charge in [0.15, 0.2) is 5.82 Å². The first-order chi connectivity index (χ1) is 11.8. The van der Waals surface area contributed by atoms with E-state index in [1.54, 1.807) is 11.3 Å². The highest BCUT2D eigenvalue weighted by Crippen LogP contribution is 2.31. The van der Waals surface area contributed by atoms with Gasteiger partial charge in [-0.15, -0.1) is 11.3 Å². The molecule has 0 aromatic carbocycles. The molecular formula is C17H26N4O2S. The molecule has 1 N–H and O–H groups in total. The average Bonchev–Trinajstić information content (AvgIpc) is 3.09. The van der Waals surface area contributed by atoms with E-state index in [1.165, 1.54) is 0 Å². The standard InChI is InChI=1S/C17H26N4O2S/c1-2-6-21(7-3-4-10-22)17-18-14-5-13-24-15(14)16(19-17)20-8-11-23-12-9-20/h5,13,22H,2-4,6-12H2,1H3. The minimum Gasteiger partial charge on any atom is -0.396 e. The summed E-state index contributed by atoms with van der Waals surface area (Å²) in [6.45, 7) is 7.48. The van der Waals surface area contributed by atoms with Gasteiger partial charge in [-0.2, -0.15) is 4.98 Å². The van der Waals surface area contributed by atoms with Crippen LogP contribution in [0.2, 0.25) is 0 Å². The lowest BCUT2D eigenvalue weighted by Gasteiger charge is -2.29. The predicted molar refractivity (Wildman–Crippen MR) is 99.3 cm³/mol. The predicted octanol–water partition coefficient (Wildman–Crippen LogP) is 2.52. The molecule has 2 aromatic rings. The molecule has 24 heavy (non-hydrogen) atoms. The molecule has 0 spiro atoms. The highest BCUT2D eigenvalue weighted by molar-refractivity contribution is 7.17.